The lowest BCUT2D eigenvalue weighted by molar-refractivity contribution is -0.151. The number of hydrogen-bond acceptors (Lipinski definition) is 2. The van der Waals surface area contributed by atoms with Gasteiger partial charge in [0.25, 0.3) is 0 Å². The monoisotopic (exact) mass is 315 g/mol. The van der Waals surface area contributed by atoms with E-state index in [2.05, 4.69) is 11.8 Å². The molecule has 20 heavy (non-hydrogen) atoms. The predicted octanol–water partition coefficient (Wildman–Crippen LogP) is 4.24. The van der Waals surface area contributed by atoms with Gasteiger partial charge in [0.2, 0.25) is 0 Å². The van der Waals surface area contributed by atoms with Gasteiger partial charge in [-0.05, 0) is 50.9 Å². The molecule has 0 bridgehead atoms. The van der Waals surface area contributed by atoms with Gasteiger partial charge >= 0.3 is 5.97 Å². The average molecular weight is 316 g/mol. The van der Waals surface area contributed by atoms with Crippen LogP contribution in [0, 0.1) is 5.41 Å². The maximum Gasteiger partial charge on any atom is 0.310 e. The summed E-state index contributed by atoms with van der Waals surface area (Å²) in [5, 5.41) is 10.5. The Labute approximate surface area is 129 Å². The first-order chi connectivity index (χ1) is 9.33. The zero-order chi connectivity index (χ0) is 14.9. The van der Waals surface area contributed by atoms with Crippen LogP contribution in [0.1, 0.15) is 38.3 Å². The quantitative estimate of drug-likeness (QED) is 0.906. The van der Waals surface area contributed by atoms with E-state index in [1.165, 1.54) is 0 Å². The molecule has 1 aromatic rings. The van der Waals surface area contributed by atoms with Gasteiger partial charge in [-0.15, -0.1) is 0 Å². The third-order valence-electron chi connectivity index (χ3n) is 4.22. The second-order valence-corrected chi connectivity index (χ2v) is 6.60. The van der Waals surface area contributed by atoms with E-state index in [4.69, 9.17) is 23.2 Å². The van der Waals surface area contributed by atoms with Crippen molar-refractivity contribution in [1.29, 1.82) is 0 Å². The second kappa shape index (κ2) is 5.92. The van der Waals surface area contributed by atoms with Gasteiger partial charge in [0.05, 0.1) is 15.5 Å². The number of halogens is 2. The van der Waals surface area contributed by atoms with Gasteiger partial charge in [-0.3, -0.25) is 9.69 Å². The summed E-state index contributed by atoms with van der Waals surface area (Å²) in [7, 11) is 0. The normalized spacial score (nSPS) is 25.4. The molecule has 1 aromatic carbocycles. The van der Waals surface area contributed by atoms with E-state index in [-0.39, 0.29) is 6.04 Å². The molecule has 1 heterocycles. The Morgan fingerprint density at radius 3 is 2.70 bits per heavy atom. The standard InChI is InChI=1S/C15H19Cl2NO2/c1-10(11-4-5-12(16)13(17)8-11)18-7-3-6-15(2,9-18)14(19)20/h4-5,8,10H,3,6-7,9H2,1-2H3,(H,19,20). The minimum atomic E-state index is -0.719. The van der Waals surface area contributed by atoms with Crippen LogP contribution in [0.25, 0.3) is 0 Å². The fourth-order valence-corrected chi connectivity index (χ4v) is 3.07. The van der Waals surface area contributed by atoms with E-state index in [1.54, 1.807) is 6.07 Å². The van der Waals surface area contributed by atoms with Crippen molar-refractivity contribution in [1.82, 2.24) is 4.90 Å². The van der Waals surface area contributed by atoms with Crippen LogP contribution in [0.5, 0.6) is 0 Å². The van der Waals surface area contributed by atoms with Crippen molar-refractivity contribution >= 4 is 29.2 Å². The van der Waals surface area contributed by atoms with Gasteiger partial charge in [-0.2, -0.15) is 0 Å². The van der Waals surface area contributed by atoms with Crippen LogP contribution in [0.4, 0.5) is 0 Å². The molecule has 5 heteroatoms. The minimum absolute atomic E-state index is 0.128. The number of likely N-dealkylation sites (tertiary alicyclic amines) is 1. The summed E-state index contributed by atoms with van der Waals surface area (Å²) in [6.07, 6.45) is 1.63. The van der Waals surface area contributed by atoms with E-state index in [1.807, 2.05) is 19.1 Å². The molecule has 1 aliphatic rings. The molecule has 2 unspecified atom stereocenters. The number of aliphatic carboxylic acids is 1. The van der Waals surface area contributed by atoms with Crippen LogP contribution in [0.3, 0.4) is 0 Å². The van der Waals surface area contributed by atoms with E-state index in [0.29, 0.717) is 16.6 Å². The third kappa shape index (κ3) is 3.11. The molecular formula is C15H19Cl2NO2. The largest absolute Gasteiger partial charge is 0.481 e. The molecule has 0 amide bonds. The van der Waals surface area contributed by atoms with Crippen LogP contribution in [-0.4, -0.2) is 29.1 Å². The highest BCUT2D eigenvalue weighted by Crippen LogP contribution is 2.35. The highest BCUT2D eigenvalue weighted by Gasteiger charge is 2.39. The second-order valence-electron chi connectivity index (χ2n) is 5.79. The van der Waals surface area contributed by atoms with Crippen LogP contribution < -0.4 is 0 Å². The van der Waals surface area contributed by atoms with Crippen LogP contribution in [-0.2, 0) is 4.79 Å². The van der Waals surface area contributed by atoms with Gasteiger partial charge in [-0.25, -0.2) is 0 Å². The molecule has 2 rings (SSSR count). The predicted molar refractivity (Wildman–Crippen MR) is 81.4 cm³/mol. The van der Waals surface area contributed by atoms with Gasteiger partial charge in [0.1, 0.15) is 0 Å². The number of carboxylic acids is 1. The lowest BCUT2D eigenvalue weighted by atomic mass is 9.81. The first-order valence-electron chi connectivity index (χ1n) is 6.76. The molecule has 0 radical (unpaired) electrons. The van der Waals surface area contributed by atoms with Gasteiger partial charge in [0.15, 0.2) is 0 Å². The maximum atomic E-state index is 11.4. The maximum absolute atomic E-state index is 11.4. The zero-order valence-corrected chi connectivity index (χ0v) is 13.2. The average Bonchev–Trinajstić information content (AvgIpc) is 2.41. The molecule has 1 aliphatic heterocycles. The van der Waals surface area contributed by atoms with E-state index < -0.39 is 11.4 Å². The van der Waals surface area contributed by atoms with Gasteiger partial charge < -0.3 is 5.11 Å². The lowest BCUT2D eigenvalue weighted by Crippen LogP contribution is -2.46. The Kier molecular flexibility index (Phi) is 4.62. The zero-order valence-electron chi connectivity index (χ0n) is 11.7. The highest BCUT2D eigenvalue weighted by molar-refractivity contribution is 6.42. The SMILES string of the molecule is CC(c1ccc(Cl)c(Cl)c1)N1CCCC(C)(C(=O)O)C1. The molecule has 0 aliphatic carbocycles. The van der Waals surface area contributed by atoms with Crippen molar-refractivity contribution in [3.05, 3.63) is 33.8 Å². The molecule has 110 valence electrons. The van der Waals surface area contributed by atoms with Crippen molar-refractivity contribution < 1.29 is 9.90 Å². The van der Waals surface area contributed by atoms with Crippen molar-refractivity contribution in [3.8, 4) is 0 Å². The Bertz CT molecular complexity index is 521. The molecule has 1 fully saturated rings. The topological polar surface area (TPSA) is 40.5 Å². The molecule has 1 saturated heterocycles. The third-order valence-corrected chi connectivity index (χ3v) is 4.96. The van der Waals surface area contributed by atoms with Crippen LogP contribution >= 0.6 is 23.2 Å². The molecule has 1 N–H and O–H groups in total. The number of nitrogens with zero attached hydrogens (tertiary/aromatic N) is 1. The summed E-state index contributed by atoms with van der Waals surface area (Å²) in [5.74, 6) is -0.719. The highest BCUT2D eigenvalue weighted by atomic mass is 35.5. The number of hydrogen-bond donors (Lipinski definition) is 1. The first kappa shape index (κ1) is 15.6. The fraction of sp³-hybridized carbons (Fsp3) is 0.533. The van der Waals surface area contributed by atoms with E-state index in [9.17, 15) is 9.90 Å². The molecular weight excluding hydrogens is 297 g/mol. The smallest absolute Gasteiger partial charge is 0.310 e. The lowest BCUT2D eigenvalue weighted by Gasteiger charge is -2.40. The van der Waals surface area contributed by atoms with E-state index >= 15 is 0 Å². The number of carboxylic acid groups (broad SMARTS) is 1. The first-order valence-corrected chi connectivity index (χ1v) is 7.51. The summed E-state index contributed by atoms with van der Waals surface area (Å²) >= 11 is 12.0. The fourth-order valence-electron chi connectivity index (χ4n) is 2.77. The van der Waals surface area contributed by atoms with Crippen LogP contribution in [0.2, 0.25) is 10.0 Å². The van der Waals surface area contributed by atoms with Gasteiger partial charge in [0, 0.05) is 12.6 Å². The number of piperidine rings is 1. The molecule has 0 saturated carbocycles. The molecule has 0 aromatic heterocycles. The molecule has 2 atom stereocenters. The van der Waals surface area contributed by atoms with Crippen molar-refractivity contribution in [2.24, 2.45) is 5.41 Å². The Morgan fingerprint density at radius 2 is 2.10 bits per heavy atom. The summed E-state index contributed by atoms with van der Waals surface area (Å²) in [6.45, 7) is 5.37. The Balaban J connectivity index is 2.18. The van der Waals surface area contributed by atoms with Crippen molar-refractivity contribution in [2.45, 2.75) is 32.7 Å². The van der Waals surface area contributed by atoms with Crippen LogP contribution in [0.15, 0.2) is 18.2 Å². The van der Waals surface area contributed by atoms with E-state index in [0.717, 1.165) is 24.9 Å². The molecule has 0 spiro atoms. The minimum Gasteiger partial charge on any atom is -0.481 e. The Morgan fingerprint density at radius 1 is 1.40 bits per heavy atom. The number of carbonyl (C=O) groups is 1. The Hall–Kier alpha value is -0.770. The van der Waals surface area contributed by atoms with Crippen molar-refractivity contribution in [2.75, 3.05) is 13.1 Å². The summed E-state index contributed by atoms with van der Waals surface area (Å²) in [6, 6.07) is 5.73. The summed E-state index contributed by atoms with van der Waals surface area (Å²) in [5.41, 5.74) is 0.400. The summed E-state index contributed by atoms with van der Waals surface area (Å²) in [4.78, 5) is 13.6. The van der Waals surface area contributed by atoms with Crippen molar-refractivity contribution in [3.63, 3.8) is 0 Å². The molecule has 3 nitrogen and oxygen atoms in total. The number of benzene rings is 1. The summed E-state index contributed by atoms with van der Waals surface area (Å²) < 4.78 is 0. The van der Waals surface area contributed by atoms with Gasteiger partial charge in [-0.1, -0.05) is 29.3 Å². The number of rotatable bonds is 3.